The van der Waals surface area contributed by atoms with Gasteiger partial charge >= 0.3 is 0 Å². The molecule has 1 N–H and O–H groups in total. The third-order valence-corrected chi connectivity index (χ3v) is 9.02. The number of benzene rings is 4. The number of allylic oxidation sites excluding steroid dienone is 1. The first-order valence-corrected chi connectivity index (χ1v) is 15.4. The molecule has 0 saturated heterocycles. The van der Waals surface area contributed by atoms with Crippen LogP contribution in [0.15, 0.2) is 136 Å². The number of carbonyl (C=O) groups is 1. The van der Waals surface area contributed by atoms with E-state index in [1.165, 1.54) is 16.9 Å². The molecule has 2 aromatic heterocycles. The van der Waals surface area contributed by atoms with Crippen molar-refractivity contribution in [2.75, 3.05) is 5.32 Å². The van der Waals surface area contributed by atoms with Crippen LogP contribution in [-0.4, -0.2) is 15.0 Å². The Bertz CT molecular complexity index is 2230. The first kappa shape index (κ1) is 27.8. The van der Waals surface area contributed by atoms with Crippen LogP contribution < -0.4 is 20.2 Å². The summed E-state index contributed by atoms with van der Waals surface area (Å²) in [6.07, 6.45) is 4.03. The lowest BCUT2D eigenvalue weighted by molar-refractivity contribution is -0.113. The Morgan fingerprint density at radius 2 is 1.61 bits per heavy atom. The molecule has 0 spiro atoms. The predicted molar refractivity (Wildman–Crippen MR) is 178 cm³/mol. The van der Waals surface area contributed by atoms with Crippen molar-refractivity contribution in [1.82, 2.24) is 9.13 Å². The number of aromatic nitrogens is 2. The van der Waals surface area contributed by atoms with Gasteiger partial charge in [0.1, 0.15) is 0 Å². The minimum absolute atomic E-state index is 0.203. The zero-order valence-corrected chi connectivity index (χ0v) is 25.3. The molecule has 8 heteroatoms. The fourth-order valence-electron chi connectivity index (χ4n) is 5.73. The summed E-state index contributed by atoms with van der Waals surface area (Å²) in [5.41, 5.74) is 5.43. The van der Waals surface area contributed by atoms with Crippen molar-refractivity contribution in [3.8, 4) is 0 Å². The Labute approximate surface area is 262 Å². The molecule has 0 fully saturated rings. The summed E-state index contributed by atoms with van der Waals surface area (Å²) in [4.78, 5) is 33.3. The number of thiazole rings is 1. The molecule has 0 unspecified atom stereocenters. The molecule has 3 heterocycles. The maximum Gasteiger partial charge on any atom is 0.271 e. The highest BCUT2D eigenvalue weighted by Gasteiger charge is 2.32. The van der Waals surface area contributed by atoms with E-state index in [1.54, 1.807) is 16.7 Å². The fraction of sp³-hybridized carbons (Fsp3) is 0.0833. The maximum absolute atomic E-state index is 14.2. The Hall–Kier alpha value is -4.98. The molecular weight excluding hydrogens is 588 g/mol. The van der Waals surface area contributed by atoms with E-state index >= 15 is 0 Å². The van der Waals surface area contributed by atoms with Crippen LogP contribution in [0.25, 0.3) is 17.0 Å². The van der Waals surface area contributed by atoms with E-state index < -0.39 is 6.04 Å². The second-order valence-corrected chi connectivity index (χ2v) is 12.1. The summed E-state index contributed by atoms with van der Waals surface area (Å²) < 4.78 is 4.39. The van der Waals surface area contributed by atoms with Crippen LogP contribution in [0, 0.1) is 0 Å². The second kappa shape index (κ2) is 11.6. The molecule has 1 amide bonds. The van der Waals surface area contributed by atoms with E-state index in [4.69, 9.17) is 16.6 Å². The van der Waals surface area contributed by atoms with Gasteiger partial charge in [-0.25, -0.2) is 4.99 Å². The Balaban J connectivity index is 1.36. The average molecular weight is 615 g/mol. The number of amides is 1. The summed E-state index contributed by atoms with van der Waals surface area (Å²) in [6, 6.07) is 34.4. The van der Waals surface area contributed by atoms with Crippen molar-refractivity contribution in [2.45, 2.75) is 19.5 Å². The summed E-state index contributed by atoms with van der Waals surface area (Å²) in [7, 11) is 0. The van der Waals surface area contributed by atoms with Crippen LogP contribution in [-0.2, 0) is 11.3 Å². The summed E-state index contributed by atoms with van der Waals surface area (Å²) >= 11 is 7.56. The van der Waals surface area contributed by atoms with Crippen molar-refractivity contribution < 1.29 is 4.79 Å². The Morgan fingerprint density at radius 1 is 0.932 bits per heavy atom. The third kappa shape index (κ3) is 5.21. The van der Waals surface area contributed by atoms with Crippen LogP contribution in [0.4, 0.5) is 5.69 Å². The highest BCUT2D eigenvalue weighted by molar-refractivity contribution is 7.07. The molecule has 4 aromatic carbocycles. The average Bonchev–Trinajstić information content (AvgIpc) is 3.54. The van der Waals surface area contributed by atoms with Gasteiger partial charge in [-0.05, 0) is 54.5 Å². The zero-order valence-electron chi connectivity index (χ0n) is 23.8. The number of anilines is 1. The number of nitrogens with zero attached hydrogens (tertiary/aromatic N) is 3. The topological polar surface area (TPSA) is 68.4 Å². The molecule has 0 saturated carbocycles. The monoisotopic (exact) mass is 614 g/mol. The second-order valence-electron chi connectivity index (χ2n) is 10.7. The van der Waals surface area contributed by atoms with Crippen LogP contribution in [0.3, 0.4) is 0 Å². The quantitative estimate of drug-likeness (QED) is 0.232. The Morgan fingerprint density at radius 3 is 2.36 bits per heavy atom. The van der Waals surface area contributed by atoms with E-state index in [-0.39, 0.29) is 11.5 Å². The van der Waals surface area contributed by atoms with Gasteiger partial charge in [0.2, 0.25) is 0 Å². The number of para-hydroxylation sites is 2. The molecule has 0 bridgehead atoms. The number of halogens is 1. The molecule has 1 atom stereocenters. The van der Waals surface area contributed by atoms with Crippen molar-refractivity contribution >= 4 is 51.5 Å². The third-order valence-electron chi connectivity index (χ3n) is 7.79. The lowest BCUT2D eigenvalue weighted by atomic mass is 9.95. The molecule has 0 aliphatic carbocycles. The van der Waals surface area contributed by atoms with E-state index in [0.717, 1.165) is 22.0 Å². The van der Waals surface area contributed by atoms with E-state index in [2.05, 4.69) is 40.3 Å². The standard InChI is InChI=1S/C36H27ClN4O2S/c1-23-32(34(42)39-28-12-6-3-7-13-28)33(25-16-18-27(37)19-17-25)41-35(43)31(44-36(41)38-23)20-26-22-40(21-24-10-4-2-5-11-24)30-15-9-8-14-29(26)30/h2-20,22,33H,21H2,1H3,(H,39,42)/b31-20-/t33-/m0/s1. The smallest absolute Gasteiger partial charge is 0.271 e. The van der Waals surface area contributed by atoms with Crippen molar-refractivity contribution in [3.05, 3.63) is 168 Å². The van der Waals surface area contributed by atoms with Crippen LogP contribution in [0.5, 0.6) is 0 Å². The number of hydrogen-bond donors (Lipinski definition) is 1. The molecule has 1 aliphatic rings. The number of hydrogen-bond acceptors (Lipinski definition) is 4. The van der Waals surface area contributed by atoms with Crippen molar-refractivity contribution in [1.29, 1.82) is 0 Å². The number of rotatable bonds is 6. The molecule has 1 aliphatic heterocycles. The highest BCUT2D eigenvalue weighted by Crippen LogP contribution is 2.31. The normalized spacial score (nSPS) is 14.9. The summed E-state index contributed by atoms with van der Waals surface area (Å²) in [5, 5.41) is 4.62. The maximum atomic E-state index is 14.2. The van der Waals surface area contributed by atoms with Crippen molar-refractivity contribution in [2.24, 2.45) is 4.99 Å². The number of carbonyl (C=O) groups excluding carboxylic acids is 1. The largest absolute Gasteiger partial charge is 0.342 e. The van der Waals surface area contributed by atoms with Gasteiger partial charge in [-0.15, -0.1) is 0 Å². The number of fused-ring (bicyclic) bond motifs is 2. The van der Waals surface area contributed by atoms with Gasteiger partial charge in [0.25, 0.3) is 11.5 Å². The van der Waals surface area contributed by atoms with Crippen molar-refractivity contribution in [3.63, 3.8) is 0 Å². The molecule has 44 heavy (non-hydrogen) atoms. The van der Waals surface area contributed by atoms with Gasteiger partial charge in [-0.2, -0.15) is 0 Å². The SMILES string of the molecule is CC1=C(C(=O)Nc2ccccc2)[C@H](c2ccc(Cl)cc2)n2c(s/c(=C\c3cn(Cc4ccccc4)c4ccccc34)c2=O)=N1. The van der Waals surface area contributed by atoms with Gasteiger partial charge in [0.05, 0.1) is 21.8 Å². The summed E-state index contributed by atoms with van der Waals surface area (Å²) in [5.74, 6) is -0.310. The van der Waals surface area contributed by atoms with Gasteiger partial charge < -0.3 is 9.88 Å². The molecular formula is C36H27ClN4O2S. The fourth-order valence-corrected chi connectivity index (χ4v) is 6.90. The van der Waals surface area contributed by atoms with Gasteiger partial charge in [0, 0.05) is 39.9 Å². The minimum Gasteiger partial charge on any atom is -0.342 e. The van der Waals surface area contributed by atoms with E-state index in [1.807, 2.05) is 85.8 Å². The van der Waals surface area contributed by atoms with Crippen LogP contribution in [0.2, 0.25) is 5.02 Å². The summed E-state index contributed by atoms with van der Waals surface area (Å²) in [6.45, 7) is 2.53. The molecule has 216 valence electrons. The Kier molecular flexibility index (Phi) is 7.34. The zero-order chi connectivity index (χ0) is 30.2. The van der Waals surface area contributed by atoms with Crippen LogP contribution in [0.1, 0.15) is 29.7 Å². The van der Waals surface area contributed by atoms with E-state index in [0.29, 0.717) is 37.9 Å². The predicted octanol–water partition coefficient (Wildman–Crippen LogP) is 6.53. The van der Waals surface area contributed by atoms with E-state index in [9.17, 15) is 9.59 Å². The lowest BCUT2D eigenvalue weighted by Crippen LogP contribution is -2.40. The van der Waals surface area contributed by atoms with Crippen LogP contribution >= 0.6 is 22.9 Å². The molecule has 6 nitrogen and oxygen atoms in total. The van der Waals surface area contributed by atoms with Gasteiger partial charge in [0.15, 0.2) is 4.80 Å². The molecule has 6 aromatic rings. The highest BCUT2D eigenvalue weighted by atomic mass is 35.5. The lowest BCUT2D eigenvalue weighted by Gasteiger charge is -2.25. The first-order chi connectivity index (χ1) is 21.5. The van der Waals surface area contributed by atoms with Gasteiger partial charge in [-0.3, -0.25) is 14.2 Å². The van der Waals surface area contributed by atoms with Gasteiger partial charge in [-0.1, -0.05) is 102 Å². The molecule has 7 rings (SSSR count). The first-order valence-electron chi connectivity index (χ1n) is 14.2. The molecule has 0 radical (unpaired) electrons. The number of nitrogens with one attached hydrogen (secondary N) is 1. The minimum atomic E-state index is -0.672.